The molecule has 11 rings (SSSR count). The molecule has 1 heterocycles. The molecule has 0 atom stereocenters. The van der Waals surface area contributed by atoms with E-state index >= 15 is 0 Å². The largest absolute Gasteiger partial charge is 0.455 e. The molecule has 0 fully saturated rings. The topological polar surface area (TPSA) is 16.4 Å². The fraction of sp³-hybridized carbons (Fsp3) is 0. The first kappa shape index (κ1) is 40.1. The molecular formula is C64H45NO. The van der Waals surface area contributed by atoms with E-state index in [0.717, 1.165) is 83.3 Å². The van der Waals surface area contributed by atoms with Crippen LogP contribution in [-0.2, 0) is 0 Å². The summed E-state index contributed by atoms with van der Waals surface area (Å²) in [7, 11) is 0. The average Bonchev–Trinajstić information content (AvgIpc) is 3.75. The lowest BCUT2D eigenvalue weighted by Gasteiger charge is -2.28. The van der Waals surface area contributed by atoms with Crippen molar-refractivity contribution in [3.05, 3.63) is 261 Å². The second-order valence-electron chi connectivity index (χ2n) is 16.6. The van der Waals surface area contributed by atoms with Crippen molar-refractivity contribution in [3.8, 4) is 44.5 Å². The third kappa shape index (κ3) is 7.61. The predicted octanol–water partition coefficient (Wildman–Crippen LogP) is 18.4. The lowest BCUT2D eigenvalue weighted by atomic mass is 9.94. The molecule has 2 nitrogen and oxygen atoms in total. The van der Waals surface area contributed by atoms with Gasteiger partial charge in [0.05, 0.1) is 5.69 Å². The molecule has 0 amide bonds. The summed E-state index contributed by atoms with van der Waals surface area (Å²) >= 11 is 0. The van der Waals surface area contributed by atoms with Crippen LogP contribution in [0, 0.1) is 0 Å². The van der Waals surface area contributed by atoms with Crippen LogP contribution in [0.4, 0.5) is 17.1 Å². The highest BCUT2D eigenvalue weighted by Gasteiger charge is 2.21. The van der Waals surface area contributed by atoms with Crippen molar-refractivity contribution in [2.75, 3.05) is 4.90 Å². The molecule has 0 radical (unpaired) electrons. The Balaban J connectivity index is 1.02. The zero-order chi connectivity index (χ0) is 44.4. The standard InChI is InChI=1S/C64H45NO/c1-3-5-15-44-16-13-22-49(39-44)47-29-27-45(28-30-47)46-31-35-55(36-32-46)65(56-37-33-48(34-38-56)60-41-51-19-8-7-18-50(51)40-54(60)17-6-4-2)62-26-12-11-23-57(62)58-24-14-25-59-61-42-52-20-9-10-21-53(52)43-63(61)66-64(58)59/h3-43H,1-2H2/b15-5-,17-6-. The molecule has 0 bridgehead atoms. The van der Waals surface area contributed by atoms with Gasteiger partial charge in [-0.25, -0.2) is 0 Å². The van der Waals surface area contributed by atoms with Gasteiger partial charge in [0.25, 0.3) is 0 Å². The molecule has 10 aromatic carbocycles. The van der Waals surface area contributed by atoms with E-state index in [-0.39, 0.29) is 0 Å². The van der Waals surface area contributed by atoms with Crippen molar-refractivity contribution in [1.82, 2.24) is 0 Å². The minimum absolute atomic E-state index is 0.876. The highest BCUT2D eigenvalue weighted by Crippen LogP contribution is 2.45. The summed E-state index contributed by atoms with van der Waals surface area (Å²) in [5.41, 5.74) is 16.3. The number of hydrogen-bond acceptors (Lipinski definition) is 2. The molecular weight excluding hydrogens is 799 g/mol. The molecule has 66 heavy (non-hydrogen) atoms. The Morgan fingerprint density at radius 1 is 0.379 bits per heavy atom. The molecule has 1 aromatic heterocycles. The smallest absolute Gasteiger partial charge is 0.143 e. The Bertz CT molecular complexity index is 3660. The van der Waals surface area contributed by atoms with E-state index in [9.17, 15) is 0 Å². The molecule has 0 saturated heterocycles. The molecule has 11 aromatic rings. The number of para-hydroxylation sites is 2. The van der Waals surface area contributed by atoms with Crippen LogP contribution in [0.3, 0.4) is 0 Å². The summed E-state index contributed by atoms with van der Waals surface area (Å²) in [4.78, 5) is 2.37. The van der Waals surface area contributed by atoms with Gasteiger partial charge in [0.2, 0.25) is 0 Å². The SMILES string of the molecule is C=C/C=C\c1cccc(-c2ccc(-c3ccc(N(c4ccc(-c5cc6ccccc6cc5/C=C\C=C)cc4)c4ccccc4-c4cccc5c4oc4cc6ccccc6cc45)cc3)cc2)c1. The monoisotopic (exact) mass is 843 g/mol. The van der Waals surface area contributed by atoms with Crippen LogP contribution in [0.2, 0.25) is 0 Å². The van der Waals surface area contributed by atoms with Gasteiger partial charge < -0.3 is 9.32 Å². The second kappa shape index (κ2) is 17.4. The molecule has 0 aliphatic rings. The first-order chi connectivity index (χ1) is 32.6. The van der Waals surface area contributed by atoms with Crippen LogP contribution in [0.1, 0.15) is 11.1 Å². The Kier molecular flexibility index (Phi) is 10.6. The number of fused-ring (bicyclic) bond motifs is 5. The van der Waals surface area contributed by atoms with Crippen molar-refractivity contribution >= 4 is 72.7 Å². The molecule has 0 unspecified atom stereocenters. The van der Waals surface area contributed by atoms with Crippen molar-refractivity contribution in [3.63, 3.8) is 0 Å². The van der Waals surface area contributed by atoms with E-state index < -0.39 is 0 Å². The average molecular weight is 844 g/mol. The normalized spacial score (nSPS) is 11.6. The highest BCUT2D eigenvalue weighted by atomic mass is 16.3. The van der Waals surface area contributed by atoms with E-state index in [1.807, 2.05) is 18.2 Å². The third-order valence-corrected chi connectivity index (χ3v) is 12.6. The summed E-state index contributed by atoms with van der Waals surface area (Å²) in [5.74, 6) is 0. The van der Waals surface area contributed by atoms with Gasteiger partial charge >= 0.3 is 0 Å². The minimum Gasteiger partial charge on any atom is -0.455 e. The molecule has 2 heteroatoms. The van der Waals surface area contributed by atoms with Crippen molar-refractivity contribution in [2.24, 2.45) is 0 Å². The van der Waals surface area contributed by atoms with Crippen LogP contribution in [-0.4, -0.2) is 0 Å². The zero-order valence-corrected chi connectivity index (χ0v) is 36.4. The molecule has 0 aliphatic heterocycles. The Morgan fingerprint density at radius 3 is 1.62 bits per heavy atom. The number of allylic oxidation sites excluding steroid dienone is 4. The fourth-order valence-electron chi connectivity index (χ4n) is 9.29. The summed E-state index contributed by atoms with van der Waals surface area (Å²) in [6.45, 7) is 7.76. The minimum atomic E-state index is 0.876. The number of rotatable bonds is 11. The highest BCUT2D eigenvalue weighted by molar-refractivity contribution is 6.14. The van der Waals surface area contributed by atoms with E-state index in [1.54, 1.807) is 6.08 Å². The Morgan fingerprint density at radius 2 is 0.924 bits per heavy atom. The van der Waals surface area contributed by atoms with Crippen LogP contribution >= 0.6 is 0 Å². The number of hydrogen-bond donors (Lipinski definition) is 0. The maximum absolute atomic E-state index is 6.81. The Labute approximate surface area is 385 Å². The number of furan rings is 1. The Hall–Kier alpha value is -8.72. The van der Waals surface area contributed by atoms with Gasteiger partial charge in [-0.1, -0.05) is 201 Å². The van der Waals surface area contributed by atoms with Gasteiger partial charge in [-0.2, -0.15) is 0 Å². The summed E-state index contributed by atoms with van der Waals surface area (Å²) in [5, 5.41) is 6.99. The van der Waals surface area contributed by atoms with Crippen LogP contribution < -0.4 is 4.90 Å². The number of nitrogens with zero attached hydrogens (tertiary/aromatic N) is 1. The first-order valence-corrected chi connectivity index (χ1v) is 22.4. The molecule has 0 saturated carbocycles. The van der Waals surface area contributed by atoms with Gasteiger partial charge in [-0.3, -0.25) is 0 Å². The van der Waals surface area contributed by atoms with Gasteiger partial charge in [0, 0.05) is 33.3 Å². The van der Waals surface area contributed by atoms with E-state index in [0.29, 0.717) is 0 Å². The summed E-state index contributed by atoms with van der Waals surface area (Å²) in [6, 6.07) is 76.5. The van der Waals surface area contributed by atoms with Crippen molar-refractivity contribution in [1.29, 1.82) is 0 Å². The maximum Gasteiger partial charge on any atom is 0.143 e. The number of benzene rings is 10. The summed E-state index contributed by atoms with van der Waals surface area (Å²) < 4.78 is 6.81. The quantitative estimate of drug-likeness (QED) is 0.121. The molecule has 0 aliphatic carbocycles. The van der Waals surface area contributed by atoms with E-state index in [2.05, 4.69) is 243 Å². The fourth-order valence-corrected chi connectivity index (χ4v) is 9.29. The van der Waals surface area contributed by atoms with Crippen LogP contribution in [0.5, 0.6) is 0 Å². The summed E-state index contributed by atoms with van der Waals surface area (Å²) in [6.07, 6.45) is 11.8. The third-order valence-electron chi connectivity index (χ3n) is 12.6. The van der Waals surface area contributed by atoms with Crippen molar-refractivity contribution < 1.29 is 4.42 Å². The van der Waals surface area contributed by atoms with Crippen LogP contribution in [0.25, 0.3) is 100 Å². The van der Waals surface area contributed by atoms with Crippen LogP contribution in [0.15, 0.2) is 254 Å². The van der Waals surface area contributed by atoms with Gasteiger partial charge in [-0.15, -0.1) is 0 Å². The van der Waals surface area contributed by atoms with Gasteiger partial charge in [0.1, 0.15) is 11.2 Å². The van der Waals surface area contributed by atoms with Gasteiger partial charge in [0.15, 0.2) is 0 Å². The predicted molar refractivity (Wildman–Crippen MR) is 284 cm³/mol. The van der Waals surface area contributed by atoms with Crippen molar-refractivity contribution in [2.45, 2.75) is 0 Å². The molecule has 0 N–H and O–H groups in total. The molecule has 312 valence electrons. The van der Waals surface area contributed by atoms with Gasteiger partial charge in [-0.05, 0) is 127 Å². The lowest BCUT2D eigenvalue weighted by Crippen LogP contribution is -2.11. The number of anilines is 3. The second-order valence-corrected chi connectivity index (χ2v) is 16.6. The maximum atomic E-state index is 6.81. The molecule has 0 spiro atoms. The van der Waals surface area contributed by atoms with E-state index in [4.69, 9.17) is 4.42 Å². The first-order valence-electron chi connectivity index (χ1n) is 22.4. The van der Waals surface area contributed by atoms with E-state index in [1.165, 1.54) is 32.8 Å². The zero-order valence-electron chi connectivity index (χ0n) is 36.4. The lowest BCUT2D eigenvalue weighted by molar-refractivity contribution is 0.670.